The molecule has 1 aliphatic rings. The molecule has 0 atom stereocenters. The lowest BCUT2D eigenvalue weighted by molar-refractivity contribution is -0.112. The highest BCUT2D eigenvalue weighted by molar-refractivity contribution is 7.99. The molecule has 0 saturated carbocycles. The molecular weight excluding hydrogens is 271 g/mol. The Morgan fingerprint density at radius 3 is 2.84 bits per heavy atom. The van der Waals surface area contributed by atoms with E-state index in [2.05, 4.69) is 10.3 Å². The molecule has 1 aliphatic heterocycles. The number of carbonyl (C=O) groups is 2. The summed E-state index contributed by atoms with van der Waals surface area (Å²) in [6.07, 6.45) is 1.46. The number of benzene rings is 1. The van der Waals surface area contributed by atoms with Gasteiger partial charge >= 0.3 is 0 Å². The summed E-state index contributed by atoms with van der Waals surface area (Å²) in [7, 11) is 0. The lowest BCUT2D eigenvalue weighted by Crippen LogP contribution is -2.12. The van der Waals surface area contributed by atoms with Gasteiger partial charge in [-0.25, -0.2) is 9.37 Å². The number of Topliss-reactive ketones (excluding diaryl/α,β-unsaturated/α-hetero) is 1. The van der Waals surface area contributed by atoms with Crippen molar-refractivity contribution in [2.24, 2.45) is 0 Å². The Morgan fingerprint density at radius 2 is 2.16 bits per heavy atom. The number of nitrogens with zero attached hydrogens (tertiary/aromatic N) is 1. The number of fused-ring (bicyclic) bond motifs is 1. The van der Waals surface area contributed by atoms with Gasteiger partial charge in [-0.2, -0.15) is 0 Å². The van der Waals surface area contributed by atoms with E-state index in [4.69, 9.17) is 4.42 Å². The second-order valence-electron chi connectivity index (χ2n) is 3.97. The molecule has 0 aliphatic carbocycles. The molecule has 3 rings (SSSR count). The maximum absolute atomic E-state index is 13.9. The molecule has 0 radical (unpaired) electrons. The number of hydrogen-bond donors (Lipinski definition) is 1. The second-order valence-corrected chi connectivity index (χ2v) is 4.96. The van der Waals surface area contributed by atoms with Crippen LogP contribution in [0.2, 0.25) is 0 Å². The number of carbonyl (C=O) groups excluding carboxylic acids is 2. The lowest BCUT2D eigenvalue weighted by atomic mass is 10.1. The standard InChI is InChI=1S/C12H7FN2O3S/c1-5-4-18-12(14-5)19-9-3-8-6(2-7(9)13)10(16)11(17)15-8/h2-4H,1H3,(H,15,16,17). The summed E-state index contributed by atoms with van der Waals surface area (Å²) in [5.41, 5.74) is 1.05. The SMILES string of the molecule is Cc1coc(Sc2cc3c(cc2F)C(=O)C(=O)N3)n1. The van der Waals surface area contributed by atoms with Gasteiger partial charge in [0.1, 0.15) is 12.1 Å². The molecule has 96 valence electrons. The topological polar surface area (TPSA) is 72.2 Å². The normalized spacial score (nSPS) is 13.6. The average molecular weight is 278 g/mol. The van der Waals surface area contributed by atoms with Crippen LogP contribution in [0.15, 0.2) is 32.9 Å². The van der Waals surface area contributed by atoms with E-state index in [0.717, 1.165) is 17.8 Å². The van der Waals surface area contributed by atoms with Crippen molar-refractivity contribution in [1.82, 2.24) is 4.98 Å². The summed E-state index contributed by atoms with van der Waals surface area (Å²) in [4.78, 5) is 26.9. The number of hydrogen-bond acceptors (Lipinski definition) is 5. The van der Waals surface area contributed by atoms with Crippen molar-refractivity contribution in [3.8, 4) is 0 Å². The van der Waals surface area contributed by atoms with Crippen LogP contribution in [0.1, 0.15) is 16.1 Å². The smallest absolute Gasteiger partial charge is 0.296 e. The van der Waals surface area contributed by atoms with Crippen LogP contribution in [-0.2, 0) is 4.79 Å². The summed E-state index contributed by atoms with van der Waals surface area (Å²) in [6.45, 7) is 1.76. The Labute approximate surface area is 111 Å². The van der Waals surface area contributed by atoms with Crippen LogP contribution >= 0.6 is 11.8 Å². The van der Waals surface area contributed by atoms with Crippen molar-refractivity contribution < 1.29 is 18.4 Å². The van der Waals surface area contributed by atoms with Crippen LogP contribution in [0.4, 0.5) is 10.1 Å². The number of aromatic nitrogens is 1. The van der Waals surface area contributed by atoms with E-state index >= 15 is 0 Å². The van der Waals surface area contributed by atoms with Crippen LogP contribution in [0.3, 0.4) is 0 Å². The van der Waals surface area contributed by atoms with E-state index in [9.17, 15) is 14.0 Å². The Kier molecular flexibility index (Phi) is 2.63. The Bertz CT molecular complexity index is 711. The largest absolute Gasteiger partial charge is 0.439 e. The predicted octanol–water partition coefficient (Wildman–Crippen LogP) is 2.41. The summed E-state index contributed by atoms with van der Waals surface area (Å²) < 4.78 is 19.0. The first-order valence-electron chi connectivity index (χ1n) is 5.34. The van der Waals surface area contributed by atoms with Crippen molar-refractivity contribution in [1.29, 1.82) is 0 Å². The summed E-state index contributed by atoms with van der Waals surface area (Å²) in [5, 5.41) is 2.68. The quantitative estimate of drug-likeness (QED) is 0.854. The number of amides is 1. The Hall–Kier alpha value is -2.15. The molecule has 2 heterocycles. The number of nitrogens with one attached hydrogen (secondary N) is 1. The monoisotopic (exact) mass is 278 g/mol. The molecular formula is C12H7FN2O3S. The number of rotatable bonds is 2. The van der Waals surface area contributed by atoms with Gasteiger partial charge < -0.3 is 9.73 Å². The minimum Gasteiger partial charge on any atom is -0.439 e. The van der Waals surface area contributed by atoms with Crippen LogP contribution < -0.4 is 5.32 Å². The zero-order valence-electron chi connectivity index (χ0n) is 9.69. The van der Waals surface area contributed by atoms with E-state index in [1.54, 1.807) is 6.92 Å². The fourth-order valence-corrected chi connectivity index (χ4v) is 2.50. The molecule has 1 aromatic carbocycles. The first-order valence-corrected chi connectivity index (χ1v) is 6.15. The molecule has 1 amide bonds. The van der Waals surface area contributed by atoms with Crippen molar-refractivity contribution in [2.75, 3.05) is 5.32 Å². The molecule has 19 heavy (non-hydrogen) atoms. The molecule has 5 nitrogen and oxygen atoms in total. The first-order chi connectivity index (χ1) is 9.04. The molecule has 0 spiro atoms. The van der Waals surface area contributed by atoms with Crippen LogP contribution in [-0.4, -0.2) is 16.7 Å². The van der Waals surface area contributed by atoms with Gasteiger partial charge in [0.25, 0.3) is 16.9 Å². The Balaban J connectivity index is 1.98. The zero-order valence-corrected chi connectivity index (χ0v) is 10.5. The fourth-order valence-electron chi connectivity index (χ4n) is 1.70. The minimum absolute atomic E-state index is 0.0513. The van der Waals surface area contributed by atoms with Crippen LogP contribution in [0.25, 0.3) is 0 Å². The van der Waals surface area contributed by atoms with Gasteiger partial charge in [0.05, 0.1) is 21.8 Å². The fraction of sp³-hybridized carbons (Fsp3) is 0.0833. The Morgan fingerprint density at radius 1 is 1.37 bits per heavy atom. The van der Waals surface area contributed by atoms with E-state index in [0.29, 0.717) is 16.6 Å². The minimum atomic E-state index is -0.747. The third-order valence-electron chi connectivity index (χ3n) is 2.57. The molecule has 7 heteroatoms. The summed E-state index contributed by atoms with van der Waals surface area (Å²) in [6, 6.07) is 2.45. The van der Waals surface area contributed by atoms with E-state index < -0.39 is 17.5 Å². The highest BCUT2D eigenvalue weighted by Crippen LogP contribution is 2.34. The average Bonchev–Trinajstić information content (AvgIpc) is 2.87. The lowest BCUT2D eigenvalue weighted by Gasteiger charge is -2.03. The van der Waals surface area contributed by atoms with Crippen molar-refractivity contribution in [3.63, 3.8) is 0 Å². The van der Waals surface area contributed by atoms with Crippen LogP contribution in [0.5, 0.6) is 0 Å². The van der Waals surface area contributed by atoms with Crippen molar-refractivity contribution >= 4 is 29.1 Å². The third kappa shape index (κ3) is 2.01. The van der Waals surface area contributed by atoms with E-state index in [-0.39, 0.29) is 10.5 Å². The maximum Gasteiger partial charge on any atom is 0.296 e. The number of halogens is 1. The first kappa shape index (κ1) is 11.9. The van der Waals surface area contributed by atoms with Gasteiger partial charge in [0.2, 0.25) is 0 Å². The number of anilines is 1. The third-order valence-corrected chi connectivity index (χ3v) is 3.46. The number of aryl methyl sites for hydroxylation is 1. The highest BCUT2D eigenvalue weighted by Gasteiger charge is 2.29. The maximum atomic E-state index is 13.9. The molecule has 2 aromatic rings. The molecule has 1 N–H and O–H groups in total. The summed E-state index contributed by atoms with van der Waals surface area (Å²) >= 11 is 0.988. The number of ketones is 1. The van der Waals surface area contributed by atoms with E-state index in [1.165, 1.54) is 12.3 Å². The van der Waals surface area contributed by atoms with Crippen molar-refractivity contribution in [3.05, 3.63) is 35.5 Å². The molecule has 0 saturated heterocycles. The van der Waals surface area contributed by atoms with Gasteiger partial charge in [-0.05, 0) is 30.8 Å². The van der Waals surface area contributed by atoms with Crippen molar-refractivity contribution in [2.45, 2.75) is 17.0 Å². The molecule has 0 bridgehead atoms. The highest BCUT2D eigenvalue weighted by atomic mass is 32.2. The molecule has 0 unspecified atom stereocenters. The molecule has 1 aromatic heterocycles. The number of oxazole rings is 1. The van der Waals surface area contributed by atoms with Gasteiger partial charge in [-0.3, -0.25) is 9.59 Å². The predicted molar refractivity (Wildman–Crippen MR) is 64.7 cm³/mol. The van der Waals surface area contributed by atoms with Crippen LogP contribution in [0, 0.1) is 12.7 Å². The van der Waals surface area contributed by atoms with Gasteiger partial charge in [0.15, 0.2) is 0 Å². The van der Waals surface area contributed by atoms with Gasteiger partial charge in [-0.15, -0.1) is 0 Å². The van der Waals surface area contributed by atoms with E-state index in [1.807, 2.05) is 0 Å². The second kappa shape index (κ2) is 4.20. The molecule has 0 fully saturated rings. The zero-order chi connectivity index (χ0) is 13.6. The van der Waals surface area contributed by atoms with Gasteiger partial charge in [0, 0.05) is 0 Å². The van der Waals surface area contributed by atoms with Gasteiger partial charge in [-0.1, -0.05) is 0 Å². The summed E-state index contributed by atoms with van der Waals surface area (Å²) in [5.74, 6) is -2.06.